The highest BCUT2D eigenvalue weighted by atomic mass is 19.1. The second kappa shape index (κ2) is 5.93. The molecule has 2 fully saturated rings. The Balaban J connectivity index is 1.76. The first-order valence-electron chi connectivity index (χ1n) is 8.03. The Morgan fingerprint density at radius 1 is 1.33 bits per heavy atom. The average molecular weight is 292 g/mol. The van der Waals surface area contributed by atoms with E-state index in [1.807, 2.05) is 0 Å². The summed E-state index contributed by atoms with van der Waals surface area (Å²) in [4.78, 5) is 2.45. The maximum Gasteiger partial charge on any atom is 0.126 e. The van der Waals surface area contributed by atoms with Crippen molar-refractivity contribution in [3.8, 4) is 5.75 Å². The van der Waals surface area contributed by atoms with Crippen LogP contribution in [-0.2, 0) is 0 Å². The van der Waals surface area contributed by atoms with Gasteiger partial charge >= 0.3 is 0 Å². The summed E-state index contributed by atoms with van der Waals surface area (Å²) in [5, 5.41) is 13.6. The Hall–Kier alpha value is -1.13. The molecule has 2 aliphatic heterocycles. The van der Waals surface area contributed by atoms with Gasteiger partial charge in [-0.15, -0.1) is 0 Å². The Labute approximate surface area is 126 Å². The average Bonchev–Trinajstić information content (AvgIpc) is 2.47. The summed E-state index contributed by atoms with van der Waals surface area (Å²) >= 11 is 0. The van der Waals surface area contributed by atoms with Crippen molar-refractivity contribution in [1.82, 2.24) is 10.2 Å². The molecule has 2 N–H and O–H groups in total. The highest BCUT2D eigenvalue weighted by molar-refractivity contribution is 5.35. The van der Waals surface area contributed by atoms with Crippen molar-refractivity contribution in [2.45, 2.75) is 38.6 Å². The van der Waals surface area contributed by atoms with Gasteiger partial charge in [-0.05, 0) is 57.2 Å². The van der Waals surface area contributed by atoms with Crippen LogP contribution in [0, 0.1) is 11.2 Å². The van der Waals surface area contributed by atoms with Crippen molar-refractivity contribution in [2.24, 2.45) is 5.41 Å². The Bertz CT molecular complexity index is 494. The zero-order valence-corrected chi connectivity index (χ0v) is 12.7. The molecule has 2 unspecified atom stereocenters. The van der Waals surface area contributed by atoms with E-state index in [4.69, 9.17) is 0 Å². The molecule has 2 saturated heterocycles. The van der Waals surface area contributed by atoms with E-state index >= 15 is 0 Å². The number of piperidine rings is 2. The summed E-state index contributed by atoms with van der Waals surface area (Å²) < 4.78 is 13.2. The third-order valence-corrected chi connectivity index (χ3v) is 5.24. The molecule has 0 aliphatic carbocycles. The van der Waals surface area contributed by atoms with Crippen LogP contribution in [0.15, 0.2) is 18.2 Å². The zero-order chi connectivity index (χ0) is 14.9. The first-order valence-corrected chi connectivity index (χ1v) is 8.03. The van der Waals surface area contributed by atoms with Gasteiger partial charge in [0.2, 0.25) is 0 Å². The highest BCUT2D eigenvalue weighted by Crippen LogP contribution is 2.40. The maximum atomic E-state index is 13.2. The van der Waals surface area contributed by atoms with E-state index in [-0.39, 0.29) is 17.6 Å². The molecule has 1 aromatic carbocycles. The number of nitrogens with zero attached hydrogens (tertiary/aromatic N) is 1. The molecular formula is C17H25FN2O. The van der Waals surface area contributed by atoms with Gasteiger partial charge in [0.05, 0.1) is 0 Å². The monoisotopic (exact) mass is 292 g/mol. The van der Waals surface area contributed by atoms with Gasteiger partial charge in [-0.2, -0.15) is 0 Å². The molecule has 0 bridgehead atoms. The lowest BCUT2D eigenvalue weighted by Gasteiger charge is -2.47. The molecule has 1 aromatic rings. The predicted molar refractivity (Wildman–Crippen MR) is 81.8 cm³/mol. The number of halogens is 1. The normalized spacial score (nSPS) is 28.7. The van der Waals surface area contributed by atoms with Gasteiger partial charge in [-0.1, -0.05) is 6.07 Å². The number of hydrogen-bond acceptors (Lipinski definition) is 3. The largest absolute Gasteiger partial charge is 0.508 e. The van der Waals surface area contributed by atoms with E-state index in [1.54, 1.807) is 6.07 Å². The van der Waals surface area contributed by atoms with Gasteiger partial charge in [0.25, 0.3) is 0 Å². The third-order valence-electron chi connectivity index (χ3n) is 5.24. The molecule has 4 heteroatoms. The number of likely N-dealkylation sites (tertiary alicyclic amines) is 1. The second-order valence-electron chi connectivity index (χ2n) is 6.73. The van der Waals surface area contributed by atoms with Crippen LogP contribution in [0.5, 0.6) is 5.75 Å². The summed E-state index contributed by atoms with van der Waals surface area (Å²) in [6.07, 6.45) is 5.04. The molecule has 0 saturated carbocycles. The first kappa shape index (κ1) is 14.8. The van der Waals surface area contributed by atoms with E-state index in [1.165, 1.54) is 37.8 Å². The minimum absolute atomic E-state index is 0.0730. The second-order valence-corrected chi connectivity index (χ2v) is 6.73. The Morgan fingerprint density at radius 2 is 2.14 bits per heavy atom. The summed E-state index contributed by atoms with van der Waals surface area (Å²) in [7, 11) is 0. The third kappa shape index (κ3) is 3.06. The molecule has 3 nitrogen and oxygen atoms in total. The van der Waals surface area contributed by atoms with Crippen molar-refractivity contribution in [3.63, 3.8) is 0 Å². The zero-order valence-electron chi connectivity index (χ0n) is 12.7. The van der Waals surface area contributed by atoms with Gasteiger partial charge in [0.1, 0.15) is 11.6 Å². The smallest absolute Gasteiger partial charge is 0.126 e. The number of benzene rings is 1. The molecule has 116 valence electrons. The Morgan fingerprint density at radius 3 is 2.86 bits per heavy atom. The number of rotatable bonds is 2. The molecule has 3 rings (SSSR count). The first-order chi connectivity index (χ1) is 10.1. The van der Waals surface area contributed by atoms with E-state index in [0.717, 1.165) is 31.7 Å². The molecule has 2 aliphatic rings. The maximum absolute atomic E-state index is 13.2. The van der Waals surface area contributed by atoms with Crippen LogP contribution in [0.4, 0.5) is 4.39 Å². The predicted octanol–water partition coefficient (Wildman–Crippen LogP) is 3.06. The fraction of sp³-hybridized carbons (Fsp3) is 0.647. The fourth-order valence-electron chi connectivity index (χ4n) is 4.02. The van der Waals surface area contributed by atoms with E-state index in [0.29, 0.717) is 5.41 Å². The van der Waals surface area contributed by atoms with Crippen LogP contribution < -0.4 is 5.32 Å². The van der Waals surface area contributed by atoms with Gasteiger partial charge < -0.3 is 10.4 Å². The van der Waals surface area contributed by atoms with Crippen molar-refractivity contribution in [3.05, 3.63) is 29.6 Å². The standard InChI is InChI=1S/C17H25FN2O/c1-13(15-5-4-14(18)10-16(15)21)20-9-3-7-17(12-20)6-2-8-19-11-17/h4-5,10,13,19,21H,2-3,6-9,11-12H2,1H3. The van der Waals surface area contributed by atoms with Crippen molar-refractivity contribution >= 4 is 0 Å². The molecular weight excluding hydrogens is 267 g/mol. The molecule has 0 aromatic heterocycles. The molecule has 0 amide bonds. The number of hydrogen-bond donors (Lipinski definition) is 2. The minimum Gasteiger partial charge on any atom is -0.508 e. The Kier molecular flexibility index (Phi) is 4.18. The van der Waals surface area contributed by atoms with Crippen molar-refractivity contribution in [2.75, 3.05) is 26.2 Å². The minimum atomic E-state index is -0.380. The van der Waals surface area contributed by atoms with Gasteiger partial charge in [-0.25, -0.2) is 4.39 Å². The lowest BCUT2D eigenvalue weighted by Crippen LogP contribution is -2.51. The van der Waals surface area contributed by atoms with Gasteiger partial charge in [0, 0.05) is 30.8 Å². The lowest BCUT2D eigenvalue weighted by molar-refractivity contribution is 0.0410. The van der Waals surface area contributed by atoms with Crippen LogP contribution >= 0.6 is 0 Å². The summed E-state index contributed by atoms with van der Waals surface area (Å²) in [5.41, 5.74) is 1.22. The number of nitrogens with one attached hydrogen (secondary N) is 1. The topological polar surface area (TPSA) is 35.5 Å². The molecule has 2 atom stereocenters. The van der Waals surface area contributed by atoms with E-state index in [2.05, 4.69) is 17.1 Å². The molecule has 0 radical (unpaired) electrons. The van der Waals surface area contributed by atoms with Gasteiger partial charge in [-0.3, -0.25) is 4.90 Å². The van der Waals surface area contributed by atoms with Crippen LogP contribution in [0.3, 0.4) is 0 Å². The van der Waals surface area contributed by atoms with Crippen molar-refractivity contribution in [1.29, 1.82) is 0 Å². The van der Waals surface area contributed by atoms with E-state index in [9.17, 15) is 9.50 Å². The molecule has 1 spiro atoms. The van der Waals surface area contributed by atoms with Crippen LogP contribution in [-0.4, -0.2) is 36.2 Å². The lowest BCUT2D eigenvalue weighted by atomic mass is 9.74. The number of aromatic hydroxyl groups is 1. The van der Waals surface area contributed by atoms with E-state index < -0.39 is 0 Å². The van der Waals surface area contributed by atoms with Crippen LogP contribution in [0.1, 0.15) is 44.2 Å². The van der Waals surface area contributed by atoms with Crippen LogP contribution in [0.2, 0.25) is 0 Å². The number of phenolic OH excluding ortho intramolecular Hbond substituents is 1. The fourth-order valence-corrected chi connectivity index (χ4v) is 4.02. The summed E-state index contributed by atoms with van der Waals surface area (Å²) in [6.45, 7) is 6.47. The van der Waals surface area contributed by atoms with Crippen LogP contribution in [0.25, 0.3) is 0 Å². The molecule has 2 heterocycles. The summed E-state index contributed by atoms with van der Waals surface area (Å²) in [6, 6.07) is 4.50. The summed E-state index contributed by atoms with van der Waals surface area (Å²) in [5.74, 6) is -0.307. The quantitative estimate of drug-likeness (QED) is 0.879. The number of phenols is 1. The SMILES string of the molecule is CC(c1ccc(F)cc1O)N1CCCC2(CCCNC2)C1. The molecule has 21 heavy (non-hydrogen) atoms. The van der Waals surface area contributed by atoms with Gasteiger partial charge in [0.15, 0.2) is 0 Å². The highest BCUT2D eigenvalue weighted by Gasteiger charge is 2.38. The van der Waals surface area contributed by atoms with Crippen molar-refractivity contribution < 1.29 is 9.50 Å².